The van der Waals surface area contributed by atoms with Gasteiger partial charge in [0.15, 0.2) is 0 Å². The van der Waals surface area contributed by atoms with Crippen LogP contribution in [0.5, 0.6) is 5.75 Å². The number of rotatable bonds is 1. The third-order valence-electron chi connectivity index (χ3n) is 2.89. The second kappa shape index (κ2) is 4.31. The van der Waals surface area contributed by atoms with Gasteiger partial charge in [0, 0.05) is 11.6 Å². The molecule has 0 amide bonds. The van der Waals surface area contributed by atoms with Gasteiger partial charge in [0.2, 0.25) is 0 Å². The average Bonchev–Trinajstić information content (AvgIpc) is 2.41. The molecule has 0 spiro atoms. The van der Waals surface area contributed by atoms with Crippen molar-refractivity contribution < 1.29 is 5.11 Å². The Bertz CT molecular complexity index is 725. The number of aromatic nitrogens is 1. The quantitative estimate of drug-likeness (QED) is 0.705. The summed E-state index contributed by atoms with van der Waals surface area (Å²) in [6.07, 6.45) is 1.77. The van der Waals surface area contributed by atoms with E-state index in [1.165, 1.54) is 0 Å². The van der Waals surface area contributed by atoms with Crippen molar-refractivity contribution in [2.45, 2.75) is 0 Å². The van der Waals surface area contributed by atoms with Gasteiger partial charge in [-0.2, -0.15) is 0 Å². The van der Waals surface area contributed by atoms with Crippen LogP contribution in [0.15, 0.2) is 54.7 Å². The Balaban J connectivity index is 2.16. The second-order valence-corrected chi connectivity index (χ2v) is 4.48. The summed E-state index contributed by atoms with van der Waals surface area (Å²) in [6, 6.07) is 15.2. The minimum absolute atomic E-state index is 0.0966. The number of nitrogens with zero attached hydrogens (tertiary/aromatic N) is 1. The second-order valence-electron chi connectivity index (χ2n) is 4.08. The highest BCUT2D eigenvalue weighted by atomic mass is 35.5. The molecule has 0 unspecified atom stereocenters. The van der Waals surface area contributed by atoms with E-state index < -0.39 is 0 Å². The maximum absolute atomic E-state index is 9.42. The number of hydrogen-bond donors (Lipinski definition) is 1. The Hall–Kier alpha value is -2.06. The van der Waals surface area contributed by atoms with Crippen molar-refractivity contribution >= 4 is 22.5 Å². The van der Waals surface area contributed by atoms with Gasteiger partial charge < -0.3 is 5.11 Å². The number of aromatic hydroxyl groups is 1. The molecule has 2 aromatic carbocycles. The summed E-state index contributed by atoms with van der Waals surface area (Å²) in [5.41, 5.74) is 2.94. The summed E-state index contributed by atoms with van der Waals surface area (Å²) in [5.74, 6) is 0.0966. The van der Waals surface area contributed by atoms with Gasteiger partial charge in [0.05, 0.1) is 10.5 Å². The monoisotopic (exact) mass is 255 g/mol. The molecule has 3 heteroatoms. The zero-order valence-electron chi connectivity index (χ0n) is 9.47. The lowest BCUT2D eigenvalue weighted by atomic mass is 10.0. The van der Waals surface area contributed by atoms with Crippen LogP contribution in [0.2, 0.25) is 5.02 Å². The molecule has 0 atom stereocenters. The Morgan fingerprint density at radius 2 is 1.72 bits per heavy atom. The molecule has 0 aliphatic rings. The number of phenolic OH excluding ortho intramolecular Hbond substituents is 1. The van der Waals surface area contributed by atoms with Gasteiger partial charge in [-0.1, -0.05) is 35.9 Å². The summed E-state index contributed by atoms with van der Waals surface area (Å²) in [7, 11) is 0. The smallest absolute Gasteiger partial charge is 0.134 e. The molecule has 0 aliphatic carbocycles. The van der Waals surface area contributed by atoms with E-state index in [4.69, 9.17) is 11.6 Å². The fourth-order valence-corrected chi connectivity index (χ4v) is 2.11. The normalized spacial score (nSPS) is 10.7. The van der Waals surface area contributed by atoms with Crippen LogP contribution in [0.1, 0.15) is 0 Å². The van der Waals surface area contributed by atoms with E-state index in [1.54, 1.807) is 18.3 Å². The standard InChI is InChI=1S/C15H10ClNO/c16-13-8-11(5-6-15(13)18)12-4-3-10-2-1-7-17-14(10)9-12/h1-9,18H. The maximum atomic E-state index is 9.42. The molecule has 1 N–H and O–H groups in total. The lowest BCUT2D eigenvalue weighted by molar-refractivity contribution is 0.475. The molecule has 0 radical (unpaired) electrons. The van der Waals surface area contributed by atoms with Crippen molar-refractivity contribution in [3.05, 3.63) is 59.8 Å². The van der Waals surface area contributed by atoms with E-state index in [2.05, 4.69) is 4.98 Å². The van der Waals surface area contributed by atoms with Crippen LogP contribution in [-0.2, 0) is 0 Å². The van der Waals surface area contributed by atoms with E-state index in [-0.39, 0.29) is 5.75 Å². The molecular formula is C15H10ClNO. The van der Waals surface area contributed by atoms with Crippen LogP contribution in [-0.4, -0.2) is 10.1 Å². The first kappa shape index (κ1) is 11.1. The molecule has 3 aromatic rings. The highest BCUT2D eigenvalue weighted by Crippen LogP contribution is 2.30. The van der Waals surface area contributed by atoms with Gasteiger partial charge in [-0.05, 0) is 35.4 Å². The van der Waals surface area contributed by atoms with E-state index >= 15 is 0 Å². The molecule has 0 aliphatic heterocycles. The maximum Gasteiger partial charge on any atom is 0.134 e. The highest BCUT2D eigenvalue weighted by molar-refractivity contribution is 6.32. The van der Waals surface area contributed by atoms with Crippen LogP contribution in [0, 0.1) is 0 Å². The summed E-state index contributed by atoms with van der Waals surface area (Å²) in [4.78, 5) is 4.32. The summed E-state index contributed by atoms with van der Waals surface area (Å²) in [5, 5.41) is 10.9. The molecule has 1 aromatic heterocycles. The average molecular weight is 256 g/mol. The summed E-state index contributed by atoms with van der Waals surface area (Å²) in [6.45, 7) is 0. The minimum Gasteiger partial charge on any atom is -0.506 e. The topological polar surface area (TPSA) is 33.1 Å². The minimum atomic E-state index is 0.0966. The predicted molar refractivity (Wildman–Crippen MR) is 73.9 cm³/mol. The predicted octanol–water partition coefficient (Wildman–Crippen LogP) is 4.26. The fourth-order valence-electron chi connectivity index (χ4n) is 1.93. The largest absolute Gasteiger partial charge is 0.506 e. The Labute approximate surface area is 109 Å². The third kappa shape index (κ3) is 1.91. The van der Waals surface area contributed by atoms with Gasteiger partial charge in [-0.25, -0.2) is 0 Å². The number of pyridine rings is 1. The number of fused-ring (bicyclic) bond motifs is 1. The Kier molecular flexibility index (Phi) is 2.65. The molecule has 3 rings (SSSR count). The van der Waals surface area contributed by atoms with Crippen LogP contribution in [0.25, 0.3) is 22.0 Å². The molecule has 88 valence electrons. The van der Waals surface area contributed by atoms with E-state index in [9.17, 15) is 5.11 Å². The summed E-state index contributed by atoms with van der Waals surface area (Å²) >= 11 is 5.92. The van der Waals surface area contributed by atoms with E-state index in [0.29, 0.717) is 5.02 Å². The van der Waals surface area contributed by atoms with Gasteiger partial charge >= 0.3 is 0 Å². The van der Waals surface area contributed by atoms with Crippen molar-refractivity contribution in [2.24, 2.45) is 0 Å². The summed E-state index contributed by atoms with van der Waals surface area (Å²) < 4.78 is 0. The van der Waals surface area contributed by atoms with Gasteiger partial charge in [-0.15, -0.1) is 0 Å². The molecule has 0 bridgehead atoms. The lowest BCUT2D eigenvalue weighted by Gasteiger charge is -2.05. The first-order valence-electron chi connectivity index (χ1n) is 5.58. The van der Waals surface area contributed by atoms with Crippen molar-refractivity contribution in [2.75, 3.05) is 0 Å². The number of hydrogen-bond acceptors (Lipinski definition) is 2. The molecule has 1 heterocycles. The fraction of sp³-hybridized carbons (Fsp3) is 0. The van der Waals surface area contributed by atoms with Crippen LogP contribution >= 0.6 is 11.6 Å². The molecule has 2 nitrogen and oxygen atoms in total. The molecular weight excluding hydrogens is 246 g/mol. The SMILES string of the molecule is Oc1ccc(-c2ccc3cccnc3c2)cc1Cl. The van der Waals surface area contributed by atoms with E-state index in [0.717, 1.165) is 22.0 Å². The van der Waals surface area contributed by atoms with Crippen LogP contribution in [0.4, 0.5) is 0 Å². The van der Waals surface area contributed by atoms with Crippen molar-refractivity contribution in [3.63, 3.8) is 0 Å². The molecule has 0 fully saturated rings. The number of halogens is 1. The third-order valence-corrected chi connectivity index (χ3v) is 3.19. The number of phenols is 1. The zero-order valence-corrected chi connectivity index (χ0v) is 10.2. The molecule has 18 heavy (non-hydrogen) atoms. The first-order chi connectivity index (χ1) is 8.74. The van der Waals surface area contributed by atoms with Gasteiger partial charge in [0.1, 0.15) is 5.75 Å². The van der Waals surface area contributed by atoms with Crippen LogP contribution in [0.3, 0.4) is 0 Å². The first-order valence-corrected chi connectivity index (χ1v) is 5.95. The van der Waals surface area contributed by atoms with Gasteiger partial charge in [-0.3, -0.25) is 4.98 Å². The highest BCUT2D eigenvalue weighted by Gasteiger charge is 2.03. The van der Waals surface area contributed by atoms with E-state index in [1.807, 2.05) is 36.4 Å². The Morgan fingerprint density at radius 3 is 2.56 bits per heavy atom. The van der Waals surface area contributed by atoms with Crippen molar-refractivity contribution in [1.82, 2.24) is 4.98 Å². The number of benzene rings is 2. The zero-order chi connectivity index (χ0) is 12.5. The lowest BCUT2D eigenvalue weighted by Crippen LogP contribution is -1.81. The Morgan fingerprint density at radius 1 is 0.944 bits per heavy atom. The van der Waals surface area contributed by atoms with Gasteiger partial charge in [0.25, 0.3) is 0 Å². The van der Waals surface area contributed by atoms with Crippen LogP contribution < -0.4 is 0 Å². The van der Waals surface area contributed by atoms with Crippen molar-refractivity contribution in [1.29, 1.82) is 0 Å². The molecule has 0 saturated heterocycles. The van der Waals surface area contributed by atoms with Crippen molar-refractivity contribution in [3.8, 4) is 16.9 Å². The molecule has 0 saturated carbocycles.